The van der Waals surface area contributed by atoms with Crippen molar-refractivity contribution in [3.8, 4) is 0 Å². The summed E-state index contributed by atoms with van der Waals surface area (Å²) in [5, 5.41) is 3.35. The van der Waals surface area contributed by atoms with E-state index in [4.69, 9.17) is 4.74 Å². The highest BCUT2D eigenvalue weighted by Gasteiger charge is 2.19. The van der Waals surface area contributed by atoms with Crippen LogP contribution < -0.4 is 5.32 Å². The summed E-state index contributed by atoms with van der Waals surface area (Å²) in [5.74, 6) is 0.909. The van der Waals surface area contributed by atoms with Gasteiger partial charge in [0.25, 0.3) is 0 Å². The zero-order chi connectivity index (χ0) is 12.5. The Morgan fingerprint density at radius 3 is 2.65 bits per heavy atom. The zero-order valence-corrected chi connectivity index (χ0v) is 11.2. The van der Waals surface area contributed by atoms with Crippen LogP contribution in [0.1, 0.15) is 33.1 Å². The molecule has 0 spiro atoms. The lowest BCUT2D eigenvalue weighted by Crippen LogP contribution is -2.39. The van der Waals surface area contributed by atoms with Crippen LogP contribution in [0.5, 0.6) is 0 Å². The van der Waals surface area contributed by atoms with Gasteiger partial charge in [0.15, 0.2) is 0 Å². The van der Waals surface area contributed by atoms with Gasteiger partial charge in [0.1, 0.15) is 0 Å². The lowest BCUT2D eigenvalue weighted by molar-refractivity contribution is -0.132. The number of hydrogen-bond acceptors (Lipinski definition) is 3. The van der Waals surface area contributed by atoms with Crippen molar-refractivity contribution in [3.05, 3.63) is 0 Å². The minimum atomic E-state index is 0.236. The molecule has 0 aliphatic carbocycles. The summed E-state index contributed by atoms with van der Waals surface area (Å²) in [4.78, 5) is 13.9. The van der Waals surface area contributed by atoms with E-state index in [0.29, 0.717) is 25.6 Å². The van der Waals surface area contributed by atoms with Gasteiger partial charge < -0.3 is 15.0 Å². The Morgan fingerprint density at radius 1 is 1.35 bits per heavy atom. The van der Waals surface area contributed by atoms with Crippen molar-refractivity contribution in [1.29, 1.82) is 0 Å². The maximum atomic E-state index is 12.0. The fourth-order valence-corrected chi connectivity index (χ4v) is 2.25. The first-order chi connectivity index (χ1) is 8.27. The van der Waals surface area contributed by atoms with E-state index in [1.807, 2.05) is 11.8 Å². The molecule has 0 radical (unpaired) electrons. The molecule has 1 heterocycles. The average Bonchev–Trinajstić information content (AvgIpc) is 2.37. The molecule has 4 nitrogen and oxygen atoms in total. The van der Waals surface area contributed by atoms with Crippen molar-refractivity contribution in [2.75, 3.05) is 39.4 Å². The Bertz CT molecular complexity index is 215. The van der Waals surface area contributed by atoms with Crippen LogP contribution in [0.25, 0.3) is 0 Å². The Hall–Kier alpha value is -0.610. The summed E-state index contributed by atoms with van der Waals surface area (Å²) in [7, 11) is 0. The summed E-state index contributed by atoms with van der Waals surface area (Å²) in [6, 6.07) is 0. The maximum absolute atomic E-state index is 12.0. The topological polar surface area (TPSA) is 41.6 Å². The minimum Gasteiger partial charge on any atom is -0.381 e. The van der Waals surface area contributed by atoms with Gasteiger partial charge in [-0.2, -0.15) is 0 Å². The van der Waals surface area contributed by atoms with E-state index in [0.717, 1.165) is 26.2 Å². The summed E-state index contributed by atoms with van der Waals surface area (Å²) >= 11 is 0. The van der Waals surface area contributed by atoms with Crippen molar-refractivity contribution in [2.45, 2.75) is 33.1 Å². The molecule has 0 atom stereocenters. The van der Waals surface area contributed by atoms with E-state index in [1.165, 1.54) is 12.8 Å². The normalized spacial score (nSPS) is 17.1. The summed E-state index contributed by atoms with van der Waals surface area (Å²) in [6.45, 7) is 9.17. The van der Waals surface area contributed by atoms with Crippen LogP contribution in [-0.2, 0) is 9.53 Å². The predicted octanol–water partition coefficient (Wildman–Crippen LogP) is 1.26. The van der Waals surface area contributed by atoms with Gasteiger partial charge in [-0.3, -0.25) is 4.79 Å². The SMILES string of the molecule is CCOCCC(=O)N(CC)CC1CCNCC1. The van der Waals surface area contributed by atoms with E-state index < -0.39 is 0 Å². The molecule has 0 saturated carbocycles. The highest BCUT2D eigenvalue weighted by Crippen LogP contribution is 2.13. The number of amides is 1. The number of rotatable bonds is 7. The molecule has 17 heavy (non-hydrogen) atoms. The molecule has 1 rings (SSSR count). The second-order valence-corrected chi connectivity index (χ2v) is 4.57. The number of ether oxygens (including phenoxy) is 1. The van der Waals surface area contributed by atoms with Gasteiger partial charge in [-0.05, 0) is 45.7 Å². The molecule has 0 aromatic heterocycles. The summed E-state index contributed by atoms with van der Waals surface area (Å²) in [6.07, 6.45) is 2.90. The van der Waals surface area contributed by atoms with Crippen molar-refractivity contribution in [2.24, 2.45) is 5.92 Å². The molecular weight excluding hydrogens is 216 g/mol. The fraction of sp³-hybridized carbons (Fsp3) is 0.923. The van der Waals surface area contributed by atoms with Gasteiger partial charge in [-0.1, -0.05) is 0 Å². The van der Waals surface area contributed by atoms with E-state index in [2.05, 4.69) is 12.2 Å². The minimum absolute atomic E-state index is 0.236. The summed E-state index contributed by atoms with van der Waals surface area (Å²) in [5.41, 5.74) is 0. The standard InChI is InChI=1S/C13H26N2O2/c1-3-15(13(16)7-10-17-4-2)11-12-5-8-14-9-6-12/h12,14H,3-11H2,1-2H3. The molecule has 1 fully saturated rings. The maximum Gasteiger partial charge on any atom is 0.224 e. The number of carbonyl (C=O) groups is 1. The molecule has 0 aromatic carbocycles. The molecule has 0 aromatic rings. The number of piperidine rings is 1. The van der Waals surface area contributed by atoms with Crippen LogP contribution in [0.15, 0.2) is 0 Å². The quantitative estimate of drug-likeness (QED) is 0.683. The Labute approximate surface area is 105 Å². The van der Waals surface area contributed by atoms with Gasteiger partial charge in [-0.25, -0.2) is 0 Å². The molecule has 0 bridgehead atoms. The van der Waals surface area contributed by atoms with Crippen LogP contribution in [0.4, 0.5) is 0 Å². The molecular formula is C13H26N2O2. The molecule has 4 heteroatoms. The Kier molecular flexibility index (Phi) is 7.21. The second kappa shape index (κ2) is 8.48. The third kappa shape index (κ3) is 5.50. The highest BCUT2D eigenvalue weighted by molar-refractivity contribution is 5.76. The van der Waals surface area contributed by atoms with Crippen LogP contribution in [0, 0.1) is 5.92 Å². The number of nitrogens with one attached hydrogen (secondary N) is 1. The lowest BCUT2D eigenvalue weighted by atomic mass is 9.97. The van der Waals surface area contributed by atoms with E-state index in [9.17, 15) is 4.79 Å². The summed E-state index contributed by atoms with van der Waals surface area (Å²) < 4.78 is 5.23. The predicted molar refractivity (Wildman–Crippen MR) is 69.0 cm³/mol. The zero-order valence-electron chi connectivity index (χ0n) is 11.2. The molecule has 1 aliphatic heterocycles. The number of nitrogens with zero attached hydrogens (tertiary/aromatic N) is 1. The van der Waals surface area contributed by atoms with Crippen molar-refractivity contribution < 1.29 is 9.53 Å². The first-order valence-corrected chi connectivity index (χ1v) is 6.84. The Morgan fingerprint density at radius 2 is 2.06 bits per heavy atom. The van der Waals surface area contributed by atoms with Gasteiger partial charge >= 0.3 is 0 Å². The van der Waals surface area contributed by atoms with Crippen LogP contribution >= 0.6 is 0 Å². The van der Waals surface area contributed by atoms with Gasteiger partial charge in [0.05, 0.1) is 13.0 Å². The Balaban J connectivity index is 2.27. The van der Waals surface area contributed by atoms with E-state index in [1.54, 1.807) is 0 Å². The molecule has 1 saturated heterocycles. The van der Waals surface area contributed by atoms with E-state index in [-0.39, 0.29) is 5.91 Å². The van der Waals surface area contributed by atoms with E-state index >= 15 is 0 Å². The third-order valence-corrected chi connectivity index (χ3v) is 3.34. The van der Waals surface area contributed by atoms with Crippen LogP contribution in [0.2, 0.25) is 0 Å². The van der Waals surface area contributed by atoms with Crippen LogP contribution in [-0.4, -0.2) is 50.2 Å². The van der Waals surface area contributed by atoms with Gasteiger partial charge in [-0.15, -0.1) is 0 Å². The smallest absolute Gasteiger partial charge is 0.224 e. The largest absolute Gasteiger partial charge is 0.381 e. The molecule has 0 unspecified atom stereocenters. The molecule has 1 N–H and O–H groups in total. The number of hydrogen-bond donors (Lipinski definition) is 1. The monoisotopic (exact) mass is 242 g/mol. The average molecular weight is 242 g/mol. The number of carbonyl (C=O) groups excluding carboxylic acids is 1. The van der Waals surface area contributed by atoms with Gasteiger partial charge in [0, 0.05) is 19.7 Å². The van der Waals surface area contributed by atoms with Crippen LogP contribution in [0.3, 0.4) is 0 Å². The van der Waals surface area contributed by atoms with Crippen molar-refractivity contribution in [3.63, 3.8) is 0 Å². The van der Waals surface area contributed by atoms with Gasteiger partial charge in [0.2, 0.25) is 5.91 Å². The first kappa shape index (κ1) is 14.5. The van der Waals surface area contributed by atoms with Crippen molar-refractivity contribution >= 4 is 5.91 Å². The lowest BCUT2D eigenvalue weighted by Gasteiger charge is -2.29. The molecule has 1 amide bonds. The molecule has 100 valence electrons. The third-order valence-electron chi connectivity index (χ3n) is 3.34. The fourth-order valence-electron chi connectivity index (χ4n) is 2.25. The highest BCUT2D eigenvalue weighted by atomic mass is 16.5. The van der Waals surface area contributed by atoms with Crippen molar-refractivity contribution in [1.82, 2.24) is 10.2 Å². The second-order valence-electron chi connectivity index (χ2n) is 4.57. The first-order valence-electron chi connectivity index (χ1n) is 6.84. The molecule has 1 aliphatic rings.